The molecule has 1 N–H and O–H groups in total. The molecule has 1 aliphatic heterocycles. The summed E-state index contributed by atoms with van der Waals surface area (Å²) in [6.07, 6.45) is 22.0. The lowest BCUT2D eigenvalue weighted by atomic mass is 9.53. The highest BCUT2D eigenvalue weighted by Gasteiger charge is 2.54. The zero-order valence-corrected chi connectivity index (χ0v) is 28.0. The van der Waals surface area contributed by atoms with Crippen molar-refractivity contribution in [3.63, 3.8) is 0 Å². The van der Waals surface area contributed by atoms with Crippen molar-refractivity contribution in [1.82, 2.24) is 10.2 Å². The molecule has 9 atom stereocenters. The van der Waals surface area contributed by atoms with Crippen LogP contribution >= 0.6 is 0 Å². The number of fused-ring (bicyclic) bond motifs is 4. The highest BCUT2D eigenvalue weighted by atomic mass is 16.2. The average molecular weight is 589 g/mol. The molecule has 1 aromatic carbocycles. The van der Waals surface area contributed by atoms with E-state index in [-0.39, 0.29) is 11.8 Å². The number of imide groups is 1. The van der Waals surface area contributed by atoms with E-state index in [2.05, 4.69) is 52.1 Å². The van der Waals surface area contributed by atoms with Crippen molar-refractivity contribution in [2.75, 3.05) is 13.1 Å². The molecule has 4 aliphatic rings. The Labute approximate surface area is 262 Å². The number of nitrogens with zero attached hydrogens (tertiary/aromatic N) is 1. The molecule has 3 aliphatic carbocycles. The molecule has 2 amide bonds. The molecule has 2 saturated carbocycles. The Bertz CT molecular complexity index is 1090. The predicted molar refractivity (Wildman–Crippen MR) is 178 cm³/mol. The summed E-state index contributed by atoms with van der Waals surface area (Å²) >= 11 is 0. The van der Waals surface area contributed by atoms with Gasteiger partial charge in [0.2, 0.25) is 0 Å². The number of allylic oxidation sites excluding steroid dienone is 1. The topological polar surface area (TPSA) is 49.4 Å². The van der Waals surface area contributed by atoms with E-state index in [4.69, 9.17) is 0 Å². The van der Waals surface area contributed by atoms with Crippen molar-refractivity contribution in [2.24, 2.45) is 46.8 Å². The molecule has 238 valence electrons. The minimum Gasteiger partial charge on any atom is -0.314 e. The van der Waals surface area contributed by atoms with E-state index in [0.29, 0.717) is 29.1 Å². The van der Waals surface area contributed by atoms with Gasteiger partial charge in [-0.25, -0.2) is 0 Å². The SMILES string of the molecule is CCC(C)CCCC(C)C1CCC2C3CC=CCC(NCCCN4C(=O)c5ccccc5C4=O)CCC(C)C3CCC12C. The number of amides is 2. The molecular weight excluding hydrogens is 528 g/mol. The number of carbonyl (C=O) groups excluding carboxylic acids is 2. The standard InChI is InChI=1S/C39H60N2O2/c1-6-27(2)13-11-14-29(4)35-21-22-36-32-16-8-7-15-30(20-19-28(3)31(32)23-24-39(35,36)5)40-25-12-26-41-37(42)33-17-9-10-18-34(33)38(41)43/h7-10,17-18,27-32,35-36,40H,6,11-16,19-26H2,1-5H3. The van der Waals surface area contributed by atoms with Gasteiger partial charge in [0, 0.05) is 12.6 Å². The van der Waals surface area contributed by atoms with Crippen molar-refractivity contribution in [3.8, 4) is 0 Å². The molecule has 1 heterocycles. The van der Waals surface area contributed by atoms with E-state index >= 15 is 0 Å². The van der Waals surface area contributed by atoms with Gasteiger partial charge in [0.25, 0.3) is 11.8 Å². The van der Waals surface area contributed by atoms with Gasteiger partial charge in [0.15, 0.2) is 0 Å². The first-order valence-electron chi connectivity index (χ1n) is 18.1. The molecule has 1 aromatic rings. The molecule has 0 aromatic heterocycles. The van der Waals surface area contributed by atoms with Crippen LogP contribution in [0, 0.1) is 46.8 Å². The molecule has 4 heteroatoms. The number of rotatable bonds is 11. The zero-order valence-electron chi connectivity index (χ0n) is 28.0. The minimum atomic E-state index is -0.140. The average Bonchev–Trinajstić information content (AvgIpc) is 3.48. The molecular formula is C39H60N2O2. The Morgan fingerprint density at radius 2 is 1.63 bits per heavy atom. The van der Waals surface area contributed by atoms with E-state index in [0.717, 1.165) is 60.8 Å². The quantitative estimate of drug-likeness (QED) is 0.159. The zero-order chi connectivity index (χ0) is 30.6. The number of carbonyl (C=O) groups is 2. The second-order valence-electron chi connectivity index (χ2n) is 15.4. The largest absolute Gasteiger partial charge is 0.314 e. The number of nitrogens with one attached hydrogen (secondary N) is 1. The summed E-state index contributed by atoms with van der Waals surface area (Å²) in [5.41, 5.74) is 1.64. The van der Waals surface area contributed by atoms with Gasteiger partial charge in [-0.05, 0) is 123 Å². The Balaban J connectivity index is 1.12. The van der Waals surface area contributed by atoms with Crippen LogP contribution in [0.2, 0.25) is 0 Å². The Hall–Kier alpha value is -1.94. The van der Waals surface area contributed by atoms with Crippen molar-refractivity contribution in [2.45, 2.75) is 124 Å². The number of hydrogen-bond donors (Lipinski definition) is 1. The summed E-state index contributed by atoms with van der Waals surface area (Å²) in [6, 6.07) is 7.66. The van der Waals surface area contributed by atoms with Crippen LogP contribution in [0.5, 0.6) is 0 Å². The molecule has 9 unspecified atom stereocenters. The van der Waals surface area contributed by atoms with Crippen molar-refractivity contribution in [1.29, 1.82) is 0 Å². The lowest BCUT2D eigenvalue weighted by Crippen LogP contribution is -2.44. The van der Waals surface area contributed by atoms with Crippen LogP contribution in [-0.2, 0) is 0 Å². The van der Waals surface area contributed by atoms with Gasteiger partial charge in [-0.3, -0.25) is 14.5 Å². The fourth-order valence-electron chi connectivity index (χ4n) is 10.0. The maximum absolute atomic E-state index is 12.7. The first-order valence-corrected chi connectivity index (χ1v) is 18.1. The molecule has 43 heavy (non-hydrogen) atoms. The van der Waals surface area contributed by atoms with Crippen LogP contribution in [0.25, 0.3) is 0 Å². The number of hydrogen-bond acceptors (Lipinski definition) is 3. The summed E-state index contributed by atoms with van der Waals surface area (Å²) in [4.78, 5) is 26.8. The fourth-order valence-corrected chi connectivity index (χ4v) is 10.0. The van der Waals surface area contributed by atoms with Gasteiger partial charge in [0.05, 0.1) is 11.1 Å². The van der Waals surface area contributed by atoms with E-state index in [1.54, 1.807) is 12.1 Å². The smallest absolute Gasteiger partial charge is 0.261 e. The van der Waals surface area contributed by atoms with Crippen molar-refractivity contribution < 1.29 is 9.59 Å². The van der Waals surface area contributed by atoms with Gasteiger partial charge in [-0.2, -0.15) is 0 Å². The summed E-state index contributed by atoms with van der Waals surface area (Å²) in [6.45, 7) is 13.9. The third-order valence-corrected chi connectivity index (χ3v) is 12.9. The number of benzene rings is 1. The van der Waals surface area contributed by atoms with E-state index in [1.807, 2.05) is 12.1 Å². The lowest BCUT2D eigenvalue weighted by Gasteiger charge is -2.51. The summed E-state index contributed by atoms with van der Waals surface area (Å²) in [7, 11) is 0. The highest BCUT2D eigenvalue weighted by Crippen LogP contribution is 2.63. The van der Waals surface area contributed by atoms with Crippen LogP contribution in [0.1, 0.15) is 139 Å². The molecule has 0 bridgehead atoms. The second kappa shape index (κ2) is 14.4. The third kappa shape index (κ3) is 7.00. The van der Waals surface area contributed by atoms with Crippen molar-refractivity contribution in [3.05, 3.63) is 47.5 Å². The molecule has 0 saturated heterocycles. The van der Waals surface area contributed by atoms with Crippen molar-refractivity contribution >= 4 is 11.8 Å². The van der Waals surface area contributed by atoms with Gasteiger partial charge < -0.3 is 5.32 Å². The Morgan fingerprint density at radius 1 is 0.907 bits per heavy atom. The maximum atomic E-state index is 12.7. The van der Waals surface area contributed by atoms with E-state index in [9.17, 15) is 9.59 Å². The van der Waals surface area contributed by atoms with Crippen LogP contribution in [0.4, 0.5) is 0 Å². The molecule has 4 nitrogen and oxygen atoms in total. The lowest BCUT2D eigenvalue weighted by molar-refractivity contribution is -0.0213. The summed E-state index contributed by atoms with van der Waals surface area (Å²) in [5.74, 6) is 5.77. The van der Waals surface area contributed by atoms with Crippen LogP contribution in [-0.4, -0.2) is 35.8 Å². The summed E-state index contributed by atoms with van der Waals surface area (Å²) < 4.78 is 0. The predicted octanol–water partition coefficient (Wildman–Crippen LogP) is 9.31. The van der Waals surface area contributed by atoms with Crippen LogP contribution in [0.3, 0.4) is 0 Å². The van der Waals surface area contributed by atoms with Crippen LogP contribution < -0.4 is 5.32 Å². The fraction of sp³-hybridized carbons (Fsp3) is 0.744. The maximum Gasteiger partial charge on any atom is 0.261 e. The minimum absolute atomic E-state index is 0.140. The van der Waals surface area contributed by atoms with E-state index < -0.39 is 0 Å². The first-order chi connectivity index (χ1) is 20.7. The Morgan fingerprint density at radius 3 is 2.35 bits per heavy atom. The van der Waals surface area contributed by atoms with E-state index in [1.165, 1.54) is 75.5 Å². The Kier molecular flexibility index (Phi) is 10.9. The molecule has 5 rings (SSSR count). The van der Waals surface area contributed by atoms with Gasteiger partial charge in [-0.15, -0.1) is 0 Å². The van der Waals surface area contributed by atoms with Crippen LogP contribution in [0.15, 0.2) is 36.4 Å². The third-order valence-electron chi connectivity index (χ3n) is 12.9. The first kappa shape index (κ1) is 32.5. The van der Waals surface area contributed by atoms with Gasteiger partial charge >= 0.3 is 0 Å². The molecule has 0 radical (unpaired) electrons. The van der Waals surface area contributed by atoms with Gasteiger partial charge in [-0.1, -0.05) is 84.6 Å². The highest BCUT2D eigenvalue weighted by molar-refractivity contribution is 6.21. The van der Waals surface area contributed by atoms with Gasteiger partial charge in [0.1, 0.15) is 0 Å². The summed E-state index contributed by atoms with van der Waals surface area (Å²) in [5, 5.41) is 3.79. The monoisotopic (exact) mass is 588 g/mol. The second-order valence-corrected chi connectivity index (χ2v) is 15.4. The molecule has 0 spiro atoms. The molecule has 2 fully saturated rings. The normalized spacial score (nSPS) is 34.0.